The number of nitrogens with one attached hydrogen (secondary N) is 1. The van der Waals surface area contributed by atoms with Gasteiger partial charge in [0, 0.05) is 6.42 Å². The smallest absolute Gasteiger partial charge is 0.217 e. The number of carbonyl (C=O) groups is 1. The summed E-state index contributed by atoms with van der Waals surface area (Å²) < 4.78 is 5.42. The Morgan fingerprint density at radius 3 is 2.75 bits per heavy atom. The second-order valence-electron chi connectivity index (χ2n) is 5.42. The molecule has 0 bridgehead atoms. The summed E-state index contributed by atoms with van der Waals surface area (Å²) in [4.78, 5) is 10.5. The van der Waals surface area contributed by atoms with Crippen LogP contribution in [0.4, 0.5) is 0 Å². The molecule has 2 aliphatic rings. The van der Waals surface area contributed by atoms with E-state index in [1.54, 1.807) is 0 Å². The Balaban J connectivity index is 0.000000147. The molecule has 1 fully saturated rings. The number of para-hydroxylation sites is 1. The fraction of sp³-hybridized carbons (Fsp3) is 0.562. The Hall–Kier alpha value is -1.55. The maximum atomic E-state index is 10.5. The quantitative estimate of drug-likeness (QED) is 0.866. The molecule has 20 heavy (non-hydrogen) atoms. The molecule has 0 atom stereocenters. The van der Waals surface area contributed by atoms with Gasteiger partial charge in [0.05, 0.1) is 6.61 Å². The van der Waals surface area contributed by atoms with Crippen LogP contribution in [0, 0.1) is 5.92 Å². The van der Waals surface area contributed by atoms with Crippen molar-refractivity contribution in [3.8, 4) is 5.75 Å². The Morgan fingerprint density at radius 1 is 1.30 bits per heavy atom. The highest BCUT2D eigenvalue weighted by Crippen LogP contribution is 2.23. The summed E-state index contributed by atoms with van der Waals surface area (Å²) in [5, 5.41) is 3.24. The first-order chi connectivity index (χ1) is 9.75. The fourth-order valence-corrected chi connectivity index (χ4v) is 2.67. The minimum atomic E-state index is -0.160. The van der Waals surface area contributed by atoms with Crippen molar-refractivity contribution in [1.82, 2.24) is 5.32 Å². The zero-order valence-electron chi connectivity index (χ0n) is 11.9. The highest BCUT2D eigenvalue weighted by atomic mass is 16.5. The predicted molar refractivity (Wildman–Crippen MR) is 79.7 cm³/mol. The molecular formula is C16H24N2O2. The minimum absolute atomic E-state index is 0.160. The van der Waals surface area contributed by atoms with E-state index in [0.29, 0.717) is 12.3 Å². The Bertz CT molecular complexity index is 403. The highest BCUT2D eigenvalue weighted by molar-refractivity contribution is 5.73. The number of carbonyl (C=O) groups excluding carboxylic acids is 1. The number of hydrogen-bond donors (Lipinski definition) is 2. The molecule has 3 rings (SSSR count). The lowest BCUT2D eigenvalue weighted by atomic mass is 9.95. The van der Waals surface area contributed by atoms with E-state index in [0.717, 1.165) is 44.7 Å². The number of benzene rings is 1. The van der Waals surface area contributed by atoms with E-state index in [4.69, 9.17) is 10.5 Å². The van der Waals surface area contributed by atoms with E-state index in [9.17, 15) is 4.79 Å². The Labute approximate surface area is 120 Å². The number of rotatable bonds is 2. The largest absolute Gasteiger partial charge is 0.493 e. The third-order valence-corrected chi connectivity index (χ3v) is 3.77. The molecule has 1 amide bonds. The number of aryl methyl sites for hydroxylation is 1. The van der Waals surface area contributed by atoms with Crippen LogP contribution in [0.3, 0.4) is 0 Å². The van der Waals surface area contributed by atoms with Crippen molar-refractivity contribution >= 4 is 5.91 Å². The molecule has 4 heteroatoms. The van der Waals surface area contributed by atoms with Crippen LogP contribution in [0.1, 0.15) is 31.2 Å². The van der Waals surface area contributed by atoms with E-state index < -0.39 is 0 Å². The van der Waals surface area contributed by atoms with E-state index in [2.05, 4.69) is 17.4 Å². The summed E-state index contributed by atoms with van der Waals surface area (Å²) >= 11 is 0. The average Bonchev–Trinajstić information content (AvgIpc) is 2.48. The van der Waals surface area contributed by atoms with Gasteiger partial charge in [-0.25, -0.2) is 0 Å². The third kappa shape index (κ3) is 4.85. The van der Waals surface area contributed by atoms with Gasteiger partial charge in [-0.3, -0.25) is 4.79 Å². The zero-order valence-corrected chi connectivity index (χ0v) is 11.9. The molecule has 110 valence electrons. The number of ether oxygens (including phenoxy) is 1. The van der Waals surface area contributed by atoms with Crippen LogP contribution in [0.2, 0.25) is 0 Å². The van der Waals surface area contributed by atoms with Crippen LogP contribution in [0.15, 0.2) is 24.3 Å². The van der Waals surface area contributed by atoms with Gasteiger partial charge in [-0.2, -0.15) is 0 Å². The van der Waals surface area contributed by atoms with Crippen molar-refractivity contribution in [2.24, 2.45) is 11.7 Å². The van der Waals surface area contributed by atoms with E-state index >= 15 is 0 Å². The van der Waals surface area contributed by atoms with Gasteiger partial charge < -0.3 is 15.8 Å². The molecule has 2 aliphatic heterocycles. The molecule has 1 saturated heterocycles. The summed E-state index contributed by atoms with van der Waals surface area (Å²) in [5.74, 6) is 1.46. The molecule has 0 spiro atoms. The highest BCUT2D eigenvalue weighted by Gasteiger charge is 2.14. The molecule has 0 radical (unpaired) electrons. The summed E-state index contributed by atoms with van der Waals surface area (Å²) in [6.07, 6.45) is 5.11. The molecule has 0 saturated carbocycles. The molecule has 0 unspecified atom stereocenters. The lowest BCUT2D eigenvalue weighted by molar-refractivity contribution is -0.119. The lowest BCUT2D eigenvalue weighted by Gasteiger charge is -2.20. The van der Waals surface area contributed by atoms with Gasteiger partial charge in [-0.15, -0.1) is 0 Å². The normalized spacial score (nSPS) is 18.2. The van der Waals surface area contributed by atoms with Crippen molar-refractivity contribution < 1.29 is 9.53 Å². The van der Waals surface area contributed by atoms with Crippen molar-refractivity contribution in [2.75, 3.05) is 19.7 Å². The first-order valence-electron chi connectivity index (χ1n) is 7.45. The SMILES string of the molecule is NC(=O)CC1CCNCC1.c1ccc2c(c1)CCCO2. The number of amides is 1. The lowest BCUT2D eigenvalue weighted by Crippen LogP contribution is -2.30. The van der Waals surface area contributed by atoms with Gasteiger partial charge in [-0.05, 0) is 56.3 Å². The van der Waals surface area contributed by atoms with Crippen LogP contribution >= 0.6 is 0 Å². The van der Waals surface area contributed by atoms with Crippen LogP contribution < -0.4 is 15.8 Å². The van der Waals surface area contributed by atoms with Crippen molar-refractivity contribution in [3.05, 3.63) is 29.8 Å². The maximum Gasteiger partial charge on any atom is 0.217 e. The van der Waals surface area contributed by atoms with Gasteiger partial charge in [-0.1, -0.05) is 18.2 Å². The fourth-order valence-electron chi connectivity index (χ4n) is 2.67. The van der Waals surface area contributed by atoms with E-state index in [1.807, 2.05) is 12.1 Å². The second kappa shape index (κ2) is 7.90. The second-order valence-corrected chi connectivity index (χ2v) is 5.42. The third-order valence-electron chi connectivity index (χ3n) is 3.77. The number of hydrogen-bond acceptors (Lipinski definition) is 3. The van der Waals surface area contributed by atoms with Crippen LogP contribution in [-0.4, -0.2) is 25.6 Å². The zero-order chi connectivity index (χ0) is 14.2. The van der Waals surface area contributed by atoms with Crippen LogP contribution in [0.5, 0.6) is 5.75 Å². The Kier molecular flexibility index (Phi) is 5.87. The number of fused-ring (bicyclic) bond motifs is 1. The van der Waals surface area contributed by atoms with Gasteiger partial charge >= 0.3 is 0 Å². The molecule has 4 nitrogen and oxygen atoms in total. The molecule has 1 aromatic rings. The minimum Gasteiger partial charge on any atom is -0.493 e. The van der Waals surface area contributed by atoms with Gasteiger partial charge in [0.1, 0.15) is 5.75 Å². The Morgan fingerprint density at radius 2 is 2.05 bits per heavy atom. The van der Waals surface area contributed by atoms with Crippen LogP contribution in [-0.2, 0) is 11.2 Å². The van der Waals surface area contributed by atoms with Crippen molar-refractivity contribution in [3.63, 3.8) is 0 Å². The molecular weight excluding hydrogens is 252 g/mol. The summed E-state index contributed by atoms with van der Waals surface area (Å²) in [7, 11) is 0. The monoisotopic (exact) mass is 276 g/mol. The van der Waals surface area contributed by atoms with Gasteiger partial charge in [0.2, 0.25) is 5.91 Å². The molecule has 3 N–H and O–H groups in total. The number of piperidine rings is 1. The number of primary amides is 1. The molecule has 0 aromatic heterocycles. The maximum absolute atomic E-state index is 10.5. The first kappa shape index (κ1) is 14.9. The van der Waals surface area contributed by atoms with Crippen molar-refractivity contribution in [2.45, 2.75) is 32.1 Å². The van der Waals surface area contributed by atoms with Gasteiger partial charge in [0.15, 0.2) is 0 Å². The van der Waals surface area contributed by atoms with E-state index in [-0.39, 0.29) is 5.91 Å². The topological polar surface area (TPSA) is 64.4 Å². The van der Waals surface area contributed by atoms with Crippen molar-refractivity contribution in [1.29, 1.82) is 0 Å². The standard InChI is InChI=1S/C9H10O.C7H14N2O/c1-2-6-9-8(4-1)5-3-7-10-9;8-7(10)5-6-1-3-9-4-2-6/h1-2,4,6H,3,5,7H2;6,9H,1-5H2,(H2,8,10). The molecule has 2 heterocycles. The van der Waals surface area contributed by atoms with Gasteiger partial charge in [0.25, 0.3) is 0 Å². The summed E-state index contributed by atoms with van der Waals surface area (Å²) in [6.45, 7) is 2.97. The summed E-state index contributed by atoms with van der Waals surface area (Å²) in [5.41, 5.74) is 6.42. The molecule has 0 aliphatic carbocycles. The number of nitrogens with two attached hydrogens (primary N) is 1. The summed E-state index contributed by atoms with van der Waals surface area (Å²) in [6, 6.07) is 8.25. The first-order valence-corrected chi connectivity index (χ1v) is 7.45. The molecule has 1 aromatic carbocycles. The predicted octanol–water partition coefficient (Wildman–Crippen LogP) is 1.87. The van der Waals surface area contributed by atoms with E-state index in [1.165, 1.54) is 12.0 Å². The average molecular weight is 276 g/mol. The van der Waals surface area contributed by atoms with Crippen LogP contribution in [0.25, 0.3) is 0 Å².